The Morgan fingerprint density at radius 3 is 2.68 bits per heavy atom. The van der Waals surface area contributed by atoms with Gasteiger partial charge in [-0.3, -0.25) is 15.6 Å². The molecule has 1 aliphatic heterocycles. The molecule has 0 unspecified atom stereocenters. The molecule has 0 amide bonds. The Hall–Kier alpha value is -4.27. The summed E-state index contributed by atoms with van der Waals surface area (Å²) in [5.74, 6) is 1.04. The van der Waals surface area contributed by atoms with Gasteiger partial charge in [-0.15, -0.1) is 0 Å². The van der Waals surface area contributed by atoms with E-state index in [1.807, 2.05) is 49.4 Å². The lowest BCUT2D eigenvalue weighted by Gasteiger charge is -2.17. The van der Waals surface area contributed by atoms with Gasteiger partial charge in [0, 0.05) is 22.8 Å². The van der Waals surface area contributed by atoms with E-state index in [9.17, 15) is 9.90 Å². The van der Waals surface area contributed by atoms with Gasteiger partial charge >= 0.3 is 0 Å². The van der Waals surface area contributed by atoms with E-state index in [1.165, 1.54) is 0 Å². The van der Waals surface area contributed by atoms with E-state index in [2.05, 4.69) is 31.4 Å². The summed E-state index contributed by atoms with van der Waals surface area (Å²) in [6, 6.07) is 15.1. The largest absolute Gasteiger partial charge is 0.506 e. The maximum absolute atomic E-state index is 13.0. The first kappa shape index (κ1) is 18.7. The standard InChI is InChI=1S/C22H21N7O2/c1-3-29-16-11-7-5-9-14(16)19(30)17(21(29)31)12(2)25-27-22-24-18-13-8-4-6-10-15(13)23-20(18)26-28-22/h4-11,23,26,30H,3H2,1-2H3,(H2,24,27,28). The zero-order chi connectivity index (χ0) is 21.5. The van der Waals surface area contributed by atoms with Crippen LogP contribution in [-0.4, -0.2) is 26.3 Å². The predicted molar refractivity (Wildman–Crippen MR) is 123 cm³/mol. The molecule has 0 atom stereocenters. The number of hydrogen-bond donors (Lipinski definition) is 5. The smallest absolute Gasteiger partial charge is 0.263 e. The molecule has 3 heterocycles. The number of aliphatic imine (C=N–C) groups is 1. The summed E-state index contributed by atoms with van der Waals surface area (Å²) in [7, 11) is 0. The summed E-state index contributed by atoms with van der Waals surface area (Å²) >= 11 is 0. The van der Waals surface area contributed by atoms with Gasteiger partial charge in [0.1, 0.15) is 22.8 Å². The Balaban J connectivity index is 1.53. The summed E-state index contributed by atoms with van der Waals surface area (Å²) in [5, 5.41) is 16.7. The number of nitrogens with zero attached hydrogens (tertiary/aromatic N) is 3. The van der Waals surface area contributed by atoms with Crippen molar-refractivity contribution < 1.29 is 5.11 Å². The minimum Gasteiger partial charge on any atom is -0.506 e. The van der Waals surface area contributed by atoms with Gasteiger partial charge in [0.05, 0.1) is 11.2 Å². The van der Waals surface area contributed by atoms with Gasteiger partial charge in [0.25, 0.3) is 5.56 Å². The fourth-order valence-electron chi connectivity index (χ4n) is 3.87. The van der Waals surface area contributed by atoms with E-state index in [0.717, 1.165) is 22.4 Å². The summed E-state index contributed by atoms with van der Waals surface area (Å²) in [6.45, 7) is 4.05. The SMILES string of the molecule is CCn1c(=O)c(C(C)=NNC2=Nc3c([nH]c4ccccc34)NN2)c(O)c2ccccc21. The van der Waals surface area contributed by atoms with E-state index in [1.54, 1.807) is 17.6 Å². The second-order valence-corrected chi connectivity index (χ2v) is 7.20. The summed E-state index contributed by atoms with van der Waals surface area (Å²) in [4.78, 5) is 20.9. The number of hydrazone groups is 1. The molecule has 2 aromatic carbocycles. The van der Waals surface area contributed by atoms with Gasteiger partial charge < -0.3 is 14.7 Å². The molecule has 4 aromatic rings. The molecule has 156 valence electrons. The number of para-hydroxylation sites is 2. The molecule has 0 spiro atoms. The quantitative estimate of drug-likeness (QED) is 0.260. The summed E-state index contributed by atoms with van der Waals surface area (Å²) < 4.78 is 1.62. The molecular weight excluding hydrogens is 394 g/mol. The molecule has 31 heavy (non-hydrogen) atoms. The Morgan fingerprint density at radius 2 is 1.87 bits per heavy atom. The number of anilines is 1. The van der Waals surface area contributed by atoms with Gasteiger partial charge in [-0.2, -0.15) is 5.10 Å². The van der Waals surface area contributed by atoms with Crippen molar-refractivity contribution >= 4 is 45.0 Å². The molecule has 5 N–H and O–H groups in total. The number of hydrogen-bond acceptors (Lipinski definition) is 7. The number of aromatic hydroxyl groups is 1. The highest BCUT2D eigenvalue weighted by molar-refractivity contribution is 6.06. The van der Waals surface area contributed by atoms with Crippen LogP contribution in [0.25, 0.3) is 21.8 Å². The Kier molecular flexibility index (Phi) is 4.36. The molecule has 0 saturated carbocycles. The van der Waals surface area contributed by atoms with Crippen LogP contribution in [0.2, 0.25) is 0 Å². The van der Waals surface area contributed by atoms with E-state index in [0.29, 0.717) is 29.1 Å². The lowest BCUT2D eigenvalue weighted by Crippen LogP contribution is -2.40. The molecule has 0 fully saturated rings. The first-order valence-corrected chi connectivity index (χ1v) is 9.95. The molecule has 1 aliphatic rings. The molecule has 0 saturated heterocycles. The van der Waals surface area contributed by atoms with Crippen molar-refractivity contribution in [2.45, 2.75) is 20.4 Å². The zero-order valence-corrected chi connectivity index (χ0v) is 17.0. The zero-order valence-electron chi connectivity index (χ0n) is 17.0. The molecule has 0 bridgehead atoms. The average molecular weight is 415 g/mol. The average Bonchev–Trinajstić information content (AvgIpc) is 3.16. The third-order valence-corrected chi connectivity index (χ3v) is 5.36. The molecule has 2 aromatic heterocycles. The van der Waals surface area contributed by atoms with Crippen LogP contribution in [0.5, 0.6) is 5.75 Å². The van der Waals surface area contributed by atoms with Crippen molar-refractivity contribution in [2.24, 2.45) is 10.1 Å². The van der Waals surface area contributed by atoms with Gasteiger partial charge in [0.15, 0.2) is 0 Å². The third-order valence-electron chi connectivity index (χ3n) is 5.36. The normalized spacial score (nSPS) is 13.5. The highest BCUT2D eigenvalue weighted by atomic mass is 16.3. The van der Waals surface area contributed by atoms with Crippen LogP contribution in [-0.2, 0) is 6.54 Å². The van der Waals surface area contributed by atoms with Crippen LogP contribution in [0, 0.1) is 0 Å². The van der Waals surface area contributed by atoms with Crippen LogP contribution < -0.4 is 21.8 Å². The first-order valence-electron chi connectivity index (χ1n) is 9.95. The van der Waals surface area contributed by atoms with Crippen LogP contribution in [0.4, 0.5) is 11.5 Å². The second kappa shape index (κ2) is 7.21. The number of aromatic nitrogens is 2. The maximum atomic E-state index is 13.0. The molecule has 9 nitrogen and oxygen atoms in total. The van der Waals surface area contributed by atoms with Crippen LogP contribution in [0.1, 0.15) is 19.4 Å². The van der Waals surface area contributed by atoms with Crippen LogP contribution in [0.3, 0.4) is 0 Å². The highest BCUT2D eigenvalue weighted by Gasteiger charge is 2.19. The van der Waals surface area contributed by atoms with Gasteiger partial charge in [-0.05, 0) is 32.0 Å². The lowest BCUT2D eigenvalue weighted by molar-refractivity contribution is 0.477. The molecular formula is C22H21N7O2. The van der Waals surface area contributed by atoms with Crippen molar-refractivity contribution in [3.63, 3.8) is 0 Å². The number of H-pyrrole nitrogens is 1. The van der Waals surface area contributed by atoms with Crippen molar-refractivity contribution in [3.05, 3.63) is 64.4 Å². The van der Waals surface area contributed by atoms with Crippen molar-refractivity contribution in [2.75, 3.05) is 5.43 Å². The summed E-state index contributed by atoms with van der Waals surface area (Å²) in [6.07, 6.45) is 0. The van der Waals surface area contributed by atoms with Gasteiger partial charge in [-0.25, -0.2) is 10.4 Å². The van der Waals surface area contributed by atoms with E-state index < -0.39 is 0 Å². The topological polar surface area (TPSA) is 119 Å². The van der Waals surface area contributed by atoms with E-state index >= 15 is 0 Å². The number of rotatable bonds is 3. The van der Waals surface area contributed by atoms with Crippen molar-refractivity contribution in [1.82, 2.24) is 20.4 Å². The number of nitrogens with one attached hydrogen (secondary N) is 4. The van der Waals surface area contributed by atoms with E-state index in [-0.39, 0.29) is 16.9 Å². The minimum atomic E-state index is -0.294. The third kappa shape index (κ3) is 2.98. The first-order chi connectivity index (χ1) is 15.1. The number of hydrazine groups is 1. The number of guanidine groups is 1. The minimum absolute atomic E-state index is 0.0797. The molecule has 9 heteroatoms. The highest BCUT2D eigenvalue weighted by Crippen LogP contribution is 2.35. The van der Waals surface area contributed by atoms with Crippen LogP contribution in [0.15, 0.2) is 63.4 Å². The van der Waals surface area contributed by atoms with Crippen molar-refractivity contribution in [1.29, 1.82) is 0 Å². The number of benzene rings is 2. The summed E-state index contributed by atoms with van der Waals surface area (Å²) in [5.41, 5.74) is 11.4. The Labute approximate surface area is 177 Å². The maximum Gasteiger partial charge on any atom is 0.263 e. The molecule has 0 aliphatic carbocycles. The lowest BCUT2D eigenvalue weighted by atomic mass is 10.1. The number of aromatic amines is 1. The van der Waals surface area contributed by atoms with Gasteiger partial charge in [-0.1, -0.05) is 30.3 Å². The van der Waals surface area contributed by atoms with E-state index in [4.69, 9.17) is 0 Å². The van der Waals surface area contributed by atoms with Crippen molar-refractivity contribution in [3.8, 4) is 5.75 Å². The number of aryl methyl sites for hydroxylation is 1. The van der Waals surface area contributed by atoms with Crippen LogP contribution >= 0.6 is 0 Å². The number of pyridine rings is 1. The monoisotopic (exact) mass is 415 g/mol. The predicted octanol–water partition coefficient (Wildman–Crippen LogP) is 3.14. The second-order valence-electron chi connectivity index (χ2n) is 7.20. The van der Waals surface area contributed by atoms with Gasteiger partial charge in [0.2, 0.25) is 5.96 Å². The molecule has 0 radical (unpaired) electrons. The fourth-order valence-corrected chi connectivity index (χ4v) is 3.87. The molecule has 5 rings (SSSR count). The Bertz CT molecular complexity index is 1450. The fraction of sp³-hybridized carbons (Fsp3) is 0.136. The number of fused-ring (bicyclic) bond motifs is 4. The Morgan fingerprint density at radius 1 is 1.13 bits per heavy atom.